The van der Waals surface area contributed by atoms with Gasteiger partial charge in [-0.3, -0.25) is 13.7 Å². The predicted octanol–water partition coefficient (Wildman–Crippen LogP) is 17.9. The van der Waals surface area contributed by atoms with Gasteiger partial charge in [0.1, 0.15) is 17.3 Å². The van der Waals surface area contributed by atoms with Crippen molar-refractivity contribution in [3.63, 3.8) is 0 Å². The predicted molar refractivity (Wildman–Crippen MR) is 310 cm³/mol. The summed E-state index contributed by atoms with van der Waals surface area (Å²) in [5.41, 5.74) is 0.0557. The van der Waals surface area contributed by atoms with Crippen molar-refractivity contribution < 1.29 is 35.3 Å². The molecule has 3 aromatic heterocycles. The van der Waals surface area contributed by atoms with Crippen molar-refractivity contribution in [2.45, 2.75) is 66.1 Å². The highest BCUT2D eigenvalue weighted by Crippen LogP contribution is 2.48. The Balaban J connectivity index is 1.18. The van der Waals surface area contributed by atoms with E-state index in [1.54, 1.807) is 51.7 Å². The Morgan fingerprint density at radius 2 is 1.19 bits per heavy atom. The third-order valence-electron chi connectivity index (χ3n) is 14.0. The number of nitrogens with zero attached hydrogens (tertiary/aromatic N) is 4. The van der Waals surface area contributed by atoms with Gasteiger partial charge in [0.25, 0.3) is 6.33 Å². The molecule has 364 valence electrons. The average Bonchev–Trinajstić information content (AvgIpc) is 1.45. The number of benzene rings is 9. The summed E-state index contributed by atoms with van der Waals surface area (Å²) in [7, 11) is 0. The van der Waals surface area contributed by atoms with Gasteiger partial charge in [-0.1, -0.05) is 175 Å². The van der Waals surface area contributed by atoms with Crippen LogP contribution in [0.15, 0.2) is 206 Å². The highest BCUT2D eigenvalue weighted by Gasteiger charge is 2.31. The Bertz CT molecular complexity index is 5220. The number of fused-ring (bicyclic) bond motifs is 10. The Kier molecular flexibility index (Phi) is 6.92. The van der Waals surface area contributed by atoms with E-state index in [0.29, 0.717) is 28.6 Å². The molecule has 0 spiro atoms. The van der Waals surface area contributed by atoms with Gasteiger partial charge in [-0.2, -0.15) is 0 Å². The quantitative estimate of drug-likeness (QED) is 0.123. The van der Waals surface area contributed by atoms with Crippen LogP contribution in [-0.2, 0) is 10.8 Å². The molecule has 13 rings (SSSR count). The molecule has 9 aromatic carbocycles. The molecule has 0 saturated heterocycles. The molecule has 4 heterocycles. The minimum atomic E-state index is -2.91. The smallest absolute Gasteiger partial charge is 0.269 e. The van der Waals surface area contributed by atoms with Crippen molar-refractivity contribution in [1.82, 2.24) is 14.1 Å². The first-order chi connectivity index (χ1) is 44.1. The fourth-order valence-electron chi connectivity index (χ4n) is 10.5. The molecule has 0 aliphatic carbocycles. The molecule has 0 bridgehead atoms. The van der Waals surface area contributed by atoms with Crippen molar-refractivity contribution in [1.29, 1.82) is 0 Å². The molecule has 0 radical (unpaired) electrons. The van der Waals surface area contributed by atoms with Gasteiger partial charge < -0.3 is 4.74 Å². The van der Waals surface area contributed by atoms with E-state index in [4.69, 9.17) is 22.1 Å². The number of aryl methyl sites for hydroxylation is 2. The van der Waals surface area contributed by atoms with Crippen molar-refractivity contribution in [2.24, 2.45) is 0 Å². The van der Waals surface area contributed by atoms with Gasteiger partial charge in [0.05, 0.1) is 51.3 Å². The van der Waals surface area contributed by atoms with Gasteiger partial charge in [-0.05, 0) is 163 Å². The van der Waals surface area contributed by atoms with E-state index in [1.165, 1.54) is 30.3 Å². The summed E-state index contributed by atoms with van der Waals surface area (Å²) in [5, 5.41) is 1.94. The molecule has 0 atom stereocenters. The van der Waals surface area contributed by atoms with Crippen LogP contribution in [0.1, 0.15) is 89.8 Å². The molecule has 5 heteroatoms. The first kappa shape index (κ1) is 29.8. The van der Waals surface area contributed by atoms with E-state index >= 15 is 0 Å². The Morgan fingerprint density at radius 1 is 0.533 bits per heavy atom. The average molecular weight is 990 g/mol. The van der Waals surface area contributed by atoms with Crippen molar-refractivity contribution >= 4 is 32.8 Å². The van der Waals surface area contributed by atoms with Gasteiger partial charge in [0.15, 0.2) is 0 Å². The highest BCUT2D eigenvalue weighted by molar-refractivity contribution is 6.09. The normalized spacial score (nSPS) is 16.2. The lowest BCUT2D eigenvalue weighted by Gasteiger charge is -2.28. The number of rotatable bonds is 6. The van der Waals surface area contributed by atoms with Crippen molar-refractivity contribution in [3.05, 3.63) is 235 Å². The summed E-state index contributed by atoms with van der Waals surface area (Å²) < 4.78 is 187. The fraction of sp³-hybridized carbons (Fsp3) is 0.143. The van der Waals surface area contributed by atoms with E-state index in [9.17, 15) is 13.7 Å². The van der Waals surface area contributed by atoms with Gasteiger partial charge in [-0.15, -0.1) is 0 Å². The number of hydrogen-bond acceptors (Lipinski definition) is 2. The molecule has 5 nitrogen and oxygen atoms in total. The molecule has 75 heavy (non-hydrogen) atoms. The lowest BCUT2D eigenvalue weighted by atomic mass is 9.79. The SMILES string of the molecule is [2H]c1c([2H])c([2H])c(-c2cc3c4c(c2)n(-c2cccc(Oc5ccc6c7ccccc7n(-c7cc(C(C)(C)C)ccn7)c6c5)c2)[c-][n+]4-c2c(cc(-c4c(C([2H])([2H])[2H])cccc4C([2H])([2H])[2H])cc2C(C)(C)C)-c2c([2H])c([2H])c([2H])c([2H])c2-c2c([2H])c([2H])c([2H])c([2H])c2-3)c([2H])c1[2H]. The van der Waals surface area contributed by atoms with E-state index in [1.807, 2.05) is 63.2 Å². The molecule has 0 fully saturated rings. The van der Waals surface area contributed by atoms with Crippen LogP contribution in [0.4, 0.5) is 0 Å². The monoisotopic (exact) mass is 990 g/mol. The molecule has 0 amide bonds. The second kappa shape index (κ2) is 17.4. The number of hydrogen-bond donors (Lipinski definition) is 0. The van der Waals surface area contributed by atoms with Gasteiger partial charge in [0.2, 0.25) is 0 Å². The van der Waals surface area contributed by atoms with Crippen LogP contribution in [0.5, 0.6) is 11.5 Å². The molecular formula is C70H58N4O. The molecule has 1 aliphatic heterocycles. The summed E-state index contributed by atoms with van der Waals surface area (Å²) in [6.07, 6.45) is 5.34. The van der Waals surface area contributed by atoms with Crippen LogP contribution < -0.4 is 9.30 Å². The number of aromatic nitrogens is 4. The van der Waals surface area contributed by atoms with E-state index in [2.05, 4.69) is 43.8 Å². The van der Waals surface area contributed by atoms with Crippen LogP contribution in [0.25, 0.3) is 106 Å². The lowest BCUT2D eigenvalue weighted by Crippen LogP contribution is -2.35. The van der Waals surface area contributed by atoms with Crippen LogP contribution in [0.2, 0.25) is 0 Å². The largest absolute Gasteiger partial charge is 0.458 e. The van der Waals surface area contributed by atoms with E-state index < -0.39 is 109 Å². The molecule has 1 aliphatic rings. The van der Waals surface area contributed by atoms with Crippen LogP contribution >= 0.6 is 0 Å². The topological polar surface area (TPSA) is 35.9 Å². The number of para-hydroxylation sites is 1. The summed E-state index contributed by atoms with van der Waals surface area (Å²) in [6.45, 7) is 6.12. The van der Waals surface area contributed by atoms with Crippen molar-refractivity contribution in [2.75, 3.05) is 0 Å². The van der Waals surface area contributed by atoms with E-state index in [0.717, 1.165) is 27.4 Å². The summed E-state index contributed by atoms with van der Waals surface area (Å²) in [6, 6.07) is 25.8. The number of pyridine rings is 1. The van der Waals surface area contributed by atoms with Crippen LogP contribution in [0.3, 0.4) is 0 Å². The molecule has 0 unspecified atom stereocenters. The van der Waals surface area contributed by atoms with Crippen LogP contribution in [-0.4, -0.2) is 14.1 Å². The van der Waals surface area contributed by atoms with Gasteiger partial charge in [0, 0.05) is 31.3 Å². The molecular weight excluding hydrogens is 913 g/mol. The fourth-order valence-corrected chi connectivity index (χ4v) is 10.5. The third-order valence-corrected chi connectivity index (χ3v) is 14.0. The first-order valence-corrected chi connectivity index (χ1v) is 24.5. The summed E-state index contributed by atoms with van der Waals surface area (Å²) >= 11 is 0. The molecule has 12 aromatic rings. The minimum absolute atomic E-state index is 0.0177. The third kappa shape index (κ3) is 7.76. The summed E-state index contributed by atoms with van der Waals surface area (Å²) in [5.74, 6) is 1.47. The summed E-state index contributed by atoms with van der Waals surface area (Å²) in [4.78, 5) is 4.85. The minimum Gasteiger partial charge on any atom is -0.458 e. The molecule has 0 N–H and O–H groups in total. The maximum Gasteiger partial charge on any atom is 0.269 e. The zero-order valence-electron chi connectivity index (χ0n) is 60.8. The van der Waals surface area contributed by atoms with Gasteiger partial charge >= 0.3 is 0 Å². The second-order valence-electron chi connectivity index (χ2n) is 20.8. The van der Waals surface area contributed by atoms with E-state index in [-0.39, 0.29) is 77.8 Å². The zero-order chi connectivity index (χ0) is 67.6. The van der Waals surface area contributed by atoms with Crippen LogP contribution in [0, 0.1) is 20.0 Å². The Morgan fingerprint density at radius 3 is 1.91 bits per heavy atom. The lowest BCUT2D eigenvalue weighted by molar-refractivity contribution is -0.572. The second-order valence-corrected chi connectivity index (χ2v) is 20.8. The highest BCUT2D eigenvalue weighted by atomic mass is 16.5. The first-order valence-electron chi connectivity index (χ1n) is 34.0. The number of ether oxygens (including phenoxy) is 1. The Labute approximate surface area is 466 Å². The number of imidazole rings is 1. The maximum absolute atomic E-state index is 10.0. The Hall–Kier alpha value is -8.80. The molecule has 0 saturated carbocycles. The van der Waals surface area contributed by atoms with Gasteiger partial charge in [-0.25, -0.2) is 4.98 Å². The standard InChI is InChI=1S/C70H58N4O/c1-44-20-18-21-45(2)66(44)48-37-59-55-28-14-12-26-53(55)54-27-13-15-29-56(54)60-36-47(46-22-10-9-11-23-46)39-64-68(60)73(67(59)61(38-48)70(6,7)8)43-72(64)50-24-19-25-51(41-50)75-52-32-33-58-57-30-16-17-31-62(57)74(63(58)42-52)65-40-49(34-35-71-65)69(3,4)5/h9-42H,1-8H3/i1D3,2D3,9D,10D,11D,12D,13D,14D,15D,22D,23D,26D,27D,28D,29D. The van der Waals surface area contributed by atoms with Crippen molar-refractivity contribution in [3.8, 4) is 84.3 Å². The maximum atomic E-state index is 10.0. The zero-order valence-corrected chi connectivity index (χ0v) is 41.8.